The summed E-state index contributed by atoms with van der Waals surface area (Å²) in [4.78, 5) is 12.9. The van der Waals surface area contributed by atoms with Crippen LogP contribution in [0.4, 0.5) is 0 Å². The molecule has 3 aromatic rings. The Bertz CT molecular complexity index is 1070. The summed E-state index contributed by atoms with van der Waals surface area (Å²) < 4.78 is 13.0. The number of hydrogen-bond donors (Lipinski definition) is 1. The first-order valence-electron chi connectivity index (χ1n) is 9.82. The van der Waals surface area contributed by atoms with E-state index < -0.39 is 0 Å². The molecule has 1 aliphatic carbocycles. The smallest absolute Gasteiger partial charge is 0.274 e. The van der Waals surface area contributed by atoms with E-state index in [9.17, 15) is 4.79 Å². The Morgan fingerprint density at radius 3 is 3.03 bits per heavy atom. The lowest BCUT2D eigenvalue weighted by atomic mass is 9.96. The Morgan fingerprint density at radius 2 is 2.17 bits per heavy atom. The first-order chi connectivity index (χ1) is 14.1. The number of benzene rings is 1. The van der Waals surface area contributed by atoms with E-state index in [1.165, 1.54) is 0 Å². The van der Waals surface area contributed by atoms with Gasteiger partial charge in [0.2, 0.25) is 0 Å². The van der Waals surface area contributed by atoms with Crippen LogP contribution in [0.25, 0.3) is 5.69 Å². The third-order valence-corrected chi connectivity index (χ3v) is 5.98. The molecule has 7 nitrogen and oxygen atoms in total. The quantitative estimate of drug-likeness (QED) is 0.709. The molecule has 1 amide bonds. The maximum Gasteiger partial charge on any atom is 0.274 e. The number of fused-ring (bicyclic) bond motifs is 2. The van der Waals surface area contributed by atoms with Gasteiger partial charge in [-0.05, 0) is 37.8 Å². The van der Waals surface area contributed by atoms with Crippen LogP contribution in [0.2, 0.25) is 5.02 Å². The average Bonchev–Trinajstić information content (AvgIpc) is 3.33. The van der Waals surface area contributed by atoms with Crippen LogP contribution in [0.1, 0.15) is 57.5 Å². The van der Waals surface area contributed by atoms with Crippen molar-refractivity contribution in [3.63, 3.8) is 0 Å². The van der Waals surface area contributed by atoms with Crippen molar-refractivity contribution in [3.8, 4) is 5.69 Å². The van der Waals surface area contributed by atoms with Crippen LogP contribution >= 0.6 is 11.6 Å². The molecule has 0 saturated carbocycles. The molecule has 3 heterocycles. The van der Waals surface area contributed by atoms with Crippen molar-refractivity contribution in [2.24, 2.45) is 0 Å². The van der Waals surface area contributed by atoms with Gasteiger partial charge in [-0.25, -0.2) is 4.68 Å². The van der Waals surface area contributed by atoms with Gasteiger partial charge in [0.25, 0.3) is 5.91 Å². The van der Waals surface area contributed by atoms with Crippen molar-refractivity contribution >= 4 is 17.5 Å². The normalized spacial score (nSPS) is 18.2. The number of nitrogens with zero attached hydrogens (tertiary/aromatic N) is 3. The molecule has 29 heavy (non-hydrogen) atoms. The maximum atomic E-state index is 12.9. The van der Waals surface area contributed by atoms with E-state index in [-0.39, 0.29) is 11.9 Å². The van der Waals surface area contributed by atoms with Crippen LogP contribution in [-0.4, -0.2) is 27.5 Å². The molecule has 1 N–H and O–H groups in total. The molecule has 0 bridgehead atoms. The van der Waals surface area contributed by atoms with Gasteiger partial charge in [0.05, 0.1) is 41.9 Å². The lowest BCUT2D eigenvalue weighted by Gasteiger charge is -2.24. The third kappa shape index (κ3) is 3.14. The molecule has 2 aliphatic rings. The number of halogens is 1. The van der Waals surface area contributed by atoms with Crippen LogP contribution in [0.3, 0.4) is 0 Å². The standard InChI is InChI=1S/C21H21ClN4O3/c1-12-5-4-7-15(22)20(12)26-17-11-28-10-16(14(17)9-23-26)24-21(27)19-13-6-2-3-8-18(13)29-25-19/h4-5,7,9,16H,2-3,6,8,10-11H2,1H3,(H,24,27). The van der Waals surface area contributed by atoms with Crippen LogP contribution in [0.15, 0.2) is 28.9 Å². The summed E-state index contributed by atoms with van der Waals surface area (Å²) in [6.07, 6.45) is 5.58. The molecule has 1 atom stereocenters. The number of aryl methyl sites for hydroxylation is 2. The number of amides is 1. The lowest BCUT2D eigenvalue weighted by Crippen LogP contribution is -2.35. The molecule has 150 valence electrons. The van der Waals surface area contributed by atoms with Gasteiger partial charge in [0.1, 0.15) is 5.76 Å². The highest BCUT2D eigenvalue weighted by atomic mass is 35.5. The molecule has 1 aliphatic heterocycles. The number of carbonyl (C=O) groups excluding carboxylic acids is 1. The van der Waals surface area contributed by atoms with Gasteiger partial charge < -0.3 is 14.6 Å². The van der Waals surface area contributed by atoms with Gasteiger partial charge in [-0.1, -0.05) is 28.9 Å². The van der Waals surface area contributed by atoms with Gasteiger partial charge in [0.15, 0.2) is 5.69 Å². The van der Waals surface area contributed by atoms with Crippen molar-refractivity contribution in [1.82, 2.24) is 20.3 Å². The van der Waals surface area contributed by atoms with Crippen molar-refractivity contribution in [3.05, 3.63) is 63.3 Å². The number of aromatic nitrogens is 3. The van der Waals surface area contributed by atoms with E-state index >= 15 is 0 Å². The summed E-state index contributed by atoms with van der Waals surface area (Å²) >= 11 is 6.43. The number of ether oxygens (including phenoxy) is 1. The molecule has 5 rings (SSSR count). The highest BCUT2D eigenvalue weighted by Crippen LogP contribution is 2.31. The fraction of sp³-hybridized carbons (Fsp3) is 0.381. The van der Waals surface area contributed by atoms with Gasteiger partial charge >= 0.3 is 0 Å². The Hall–Kier alpha value is -2.64. The monoisotopic (exact) mass is 412 g/mol. The summed E-state index contributed by atoms with van der Waals surface area (Å²) in [5.74, 6) is 0.601. The van der Waals surface area contributed by atoms with Gasteiger partial charge in [-0.15, -0.1) is 0 Å². The minimum Gasteiger partial charge on any atom is -0.373 e. The van der Waals surface area contributed by atoms with E-state index in [0.717, 1.165) is 59.5 Å². The van der Waals surface area contributed by atoms with Crippen LogP contribution in [0.5, 0.6) is 0 Å². The summed E-state index contributed by atoms with van der Waals surface area (Å²) in [5, 5.41) is 12.2. The largest absolute Gasteiger partial charge is 0.373 e. The van der Waals surface area contributed by atoms with E-state index in [0.29, 0.717) is 23.9 Å². The molecular formula is C21H21ClN4O3. The number of carbonyl (C=O) groups is 1. The maximum absolute atomic E-state index is 12.9. The average molecular weight is 413 g/mol. The second-order valence-electron chi connectivity index (χ2n) is 7.54. The lowest BCUT2D eigenvalue weighted by molar-refractivity contribution is 0.0682. The predicted molar refractivity (Wildman–Crippen MR) is 106 cm³/mol. The third-order valence-electron chi connectivity index (χ3n) is 5.67. The Labute approximate surface area is 173 Å². The topological polar surface area (TPSA) is 82.2 Å². The zero-order valence-electron chi connectivity index (χ0n) is 16.1. The summed E-state index contributed by atoms with van der Waals surface area (Å²) in [6, 6.07) is 5.44. The van der Waals surface area contributed by atoms with Gasteiger partial charge in [-0.2, -0.15) is 5.10 Å². The zero-order chi connectivity index (χ0) is 20.0. The molecule has 8 heteroatoms. The molecule has 0 fully saturated rings. The second-order valence-corrected chi connectivity index (χ2v) is 7.95. The Balaban J connectivity index is 1.44. The number of hydrogen-bond acceptors (Lipinski definition) is 5. The van der Waals surface area contributed by atoms with E-state index in [4.69, 9.17) is 20.9 Å². The molecular weight excluding hydrogens is 392 g/mol. The first kappa shape index (κ1) is 18.4. The SMILES string of the molecule is Cc1cccc(Cl)c1-n1ncc2c1COCC2NC(=O)c1noc2c1CCCC2. The van der Waals surface area contributed by atoms with E-state index in [1.807, 2.05) is 29.8 Å². The Morgan fingerprint density at radius 1 is 1.31 bits per heavy atom. The molecule has 0 radical (unpaired) electrons. The fourth-order valence-corrected chi connectivity index (χ4v) is 4.48. The number of para-hydroxylation sites is 1. The summed E-state index contributed by atoms with van der Waals surface area (Å²) in [5.41, 5.74) is 5.00. The number of rotatable bonds is 3. The predicted octanol–water partition coefficient (Wildman–Crippen LogP) is 3.70. The van der Waals surface area contributed by atoms with Crippen molar-refractivity contribution < 1.29 is 14.1 Å². The van der Waals surface area contributed by atoms with Crippen LogP contribution < -0.4 is 5.32 Å². The van der Waals surface area contributed by atoms with Crippen molar-refractivity contribution in [2.45, 2.75) is 45.3 Å². The van der Waals surface area contributed by atoms with Crippen molar-refractivity contribution in [2.75, 3.05) is 6.61 Å². The summed E-state index contributed by atoms with van der Waals surface area (Å²) in [7, 11) is 0. The highest BCUT2D eigenvalue weighted by Gasteiger charge is 2.30. The molecule has 0 spiro atoms. The van der Waals surface area contributed by atoms with E-state index in [2.05, 4.69) is 15.6 Å². The highest BCUT2D eigenvalue weighted by molar-refractivity contribution is 6.32. The van der Waals surface area contributed by atoms with Crippen LogP contribution in [-0.2, 0) is 24.2 Å². The van der Waals surface area contributed by atoms with E-state index in [1.54, 1.807) is 6.20 Å². The van der Waals surface area contributed by atoms with Gasteiger partial charge in [-0.3, -0.25) is 4.79 Å². The minimum atomic E-state index is -0.307. The zero-order valence-corrected chi connectivity index (χ0v) is 16.8. The molecule has 1 unspecified atom stereocenters. The Kier molecular flexibility index (Phi) is 4.64. The molecule has 0 saturated heterocycles. The van der Waals surface area contributed by atoms with Crippen LogP contribution in [0, 0.1) is 6.92 Å². The van der Waals surface area contributed by atoms with Crippen molar-refractivity contribution in [1.29, 1.82) is 0 Å². The summed E-state index contributed by atoms with van der Waals surface area (Å²) in [6.45, 7) is 2.78. The number of nitrogens with one attached hydrogen (secondary N) is 1. The second kappa shape index (κ2) is 7.31. The molecule has 2 aromatic heterocycles. The minimum absolute atomic E-state index is 0.236. The van der Waals surface area contributed by atoms with Gasteiger partial charge in [0, 0.05) is 17.5 Å². The first-order valence-corrected chi connectivity index (χ1v) is 10.2. The fourth-order valence-electron chi connectivity index (χ4n) is 4.18. The molecule has 1 aromatic carbocycles.